The van der Waals surface area contributed by atoms with E-state index in [9.17, 15) is 4.79 Å². The molecule has 94 valence electrons. The number of halogens is 1. The van der Waals surface area contributed by atoms with Gasteiger partial charge in [-0.2, -0.15) is 0 Å². The van der Waals surface area contributed by atoms with E-state index in [1.54, 1.807) is 32.2 Å². The van der Waals surface area contributed by atoms with Crippen molar-refractivity contribution in [1.29, 1.82) is 0 Å². The van der Waals surface area contributed by atoms with Gasteiger partial charge >= 0.3 is 5.97 Å². The second-order valence-corrected chi connectivity index (χ2v) is 3.95. The predicted octanol–water partition coefficient (Wildman–Crippen LogP) is 2.54. The Balaban J connectivity index is 2.81. The molecule has 1 unspecified atom stereocenters. The molecule has 0 fully saturated rings. The zero-order valence-corrected chi connectivity index (χ0v) is 10.8. The van der Waals surface area contributed by atoms with Gasteiger partial charge in [-0.15, -0.1) is 0 Å². The Bertz CT molecular complexity index is 392. The van der Waals surface area contributed by atoms with Crippen LogP contribution in [-0.4, -0.2) is 32.9 Å². The summed E-state index contributed by atoms with van der Waals surface area (Å²) in [6.07, 6.45) is -0.312. The second kappa shape index (κ2) is 6.47. The lowest BCUT2D eigenvalue weighted by atomic mass is 10.2. The molecule has 0 heterocycles. The third-order valence-corrected chi connectivity index (χ3v) is 2.33. The van der Waals surface area contributed by atoms with Gasteiger partial charge in [0.1, 0.15) is 17.4 Å². The standard InChI is InChI=1S/C12H15ClO4/c1-8(7-15-2)17-12(14)10-5-4-9(13)6-11(10)16-3/h4-6,8H,7H2,1-3H3. The fourth-order valence-corrected chi connectivity index (χ4v) is 1.51. The summed E-state index contributed by atoms with van der Waals surface area (Å²) < 4.78 is 15.1. The first-order valence-electron chi connectivity index (χ1n) is 5.12. The van der Waals surface area contributed by atoms with Crippen molar-refractivity contribution < 1.29 is 19.0 Å². The number of methoxy groups -OCH3 is 2. The Morgan fingerprint density at radius 3 is 2.71 bits per heavy atom. The normalized spacial score (nSPS) is 12.0. The van der Waals surface area contributed by atoms with Crippen LogP contribution in [-0.2, 0) is 9.47 Å². The summed E-state index contributed by atoms with van der Waals surface area (Å²) in [5, 5.41) is 0.503. The largest absolute Gasteiger partial charge is 0.496 e. The van der Waals surface area contributed by atoms with Crippen LogP contribution in [0.5, 0.6) is 5.75 Å². The summed E-state index contributed by atoms with van der Waals surface area (Å²) >= 11 is 5.80. The van der Waals surface area contributed by atoms with Crippen LogP contribution in [0.25, 0.3) is 0 Å². The summed E-state index contributed by atoms with van der Waals surface area (Å²) in [6.45, 7) is 2.10. The maximum atomic E-state index is 11.8. The molecule has 0 amide bonds. The van der Waals surface area contributed by atoms with Crippen LogP contribution in [0.2, 0.25) is 5.02 Å². The van der Waals surface area contributed by atoms with Gasteiger partial charge in [-0.05, 0) is 25.1 Å². The lowest BCUT2D eigenvalue weighted by Gasteiger charge is -2.13. The van der Waals surface area contributed by atoms with Crippen LogP contribution in [0.15, 0.2) is 18.2 Å². The highest BCUT2D eigenvalue weighted by Crippen LogP contribution is 2.24. The Morgan fingerprint density at radius 1 is 1.41 bits per heavy atom. The highest BCUT2D eigenvalue weighted by Gasteiger charge is 2.16. The molecule has 17 heavy (non-hydrogen) atoms. The average molecular weight is 259 g/mol. The minimum Gasteiger partial charge on any atom is -0.496 e. The van der Waals surface area contributed by atoms with E-state index in [0.717, 1.165) is 0 Å². The van der Waals surface area contributed by atoms with E-state index in [-0.39, 0.29) is 6.10 Å². The van der Waals surface area contributed by atoms with E-state index in [0.29, 0.717) is 22.9 Å². The van der Waals surface area contributed by atoms with Crippen molar-refractivity contribution in [2.75, 3.05) is 20.8 Å². The van der Waals surface area contributed by atoms with Gasteiger partial charge in [-0.1, -0.05) is 11.6 Å². The third-order valence-electron chi connectivity index (χ3n) is 2.09. The van der Waals surface area contributed by atoms with Crippen molar-refractivity contribution in [3.8, 4) is 5.75 Å². The van der Waals surface area contributed by atoms with Gasteiger partial charge in [0.25, 0.3) is 0 Å². The minimum atomic E-state index is -0.455. The molecule has 0 N–H and O–H groups in total. The first-order chi connectivity index (χ1) is 8.08. The highest BCUT2D eigenvalue weighted by molar-refractivity contribution is 6.30. The van der Waals surface area contributed by atoms with Crippen LogP contribution in [0.1, 0.15) is 17.3 Å². The third kappa shape index (κ3) is 3.91. The van der Waals surface area contributed by atoms with Crippen molar-refractivity contribution in [1.82, 2.24) is 0 Å². The first-order valence-corrected chi connectivity index (χ1v) is 5.49. The topological polar surface area (TPSA) is 44.8 Å². The monoisotopic (exact) mass is 258 g/mol. The molecule has 0 aromatic heterocycles. The van der Waals surface area contributed by atoms with E-state index in [2.05, 4.69) is 0 Å². The second-order valence-electron chi connectivity index (χ2n) is 3.52. The molecule has 5 heteroatoms. The Kier molecular flexibility index (Phi) is 5.25. The SMILES string of the molecule is COCC(C)OC(=O)c1ccc(Cl)cc1OC. The molecule has 0 aliphatic carbocycles. The maximum Gasteiger partial charge on any atom is 0.342 e. The van der Waals surface area contributed by atoms with Crippen molar-refractivity contribution >= 4 is 17.6 Å². The number of hydrogen-bond acceptors (Lipinski definition) is 4. The minimum absolute atomic E-state index is 0.312. The fourth-order valence-electron chi connectivity index (χ4n) is 1.35. The van der Waals surface area contributed by atoms with Crippen molar-refractivity contribution in [2.45, 2.75) is 13.0 Å². The van der Waals surface area contributed by atoms with Crippen molar-refractivity contribution in [3.63, 3.8) is 0 Å². The first kappa shape index (κ1) is 13.8. The van der Waals surface area contributed by atoms with Crippen LogP contribution < -0.4 is 4.74 Å². The van der Waals surface area contributed by atoms with E-state index >= 15 is 0 Å². The molecule has 0 radical (unpaired) electrons. The number of esters is 1. The maximum absolute atomic E-state index is 11.8. The molecule has 1 aromatic carbocycles. The molecule has 1 aromatic rings. The molecular weight excluding hydrogens is 244 g/mol. The van der Waals surface area contributed by atoms with Crippen LogP contribution in [0, 0.1) is 0 Å². The molecule has 0 spiro atoms. The Labute approximate surface area is 105 Å². The number of hydrogen-bond donors (Lipinski definition) is 0. The average Bonchev–Trinajstić information content (AvgIpc) is 2.28. The van der Waals surface area contributed by atoms with E-state index in [4.69, 9.17) is 25.8 Å². The van der Waals surface area contributed by atoms with Gasteiger partial charge in [-0.3, -0.25) is 0 Å². The van der Waals surface area contributed by atoms with Crippen molar-refractivity contribution in [2.24, 2.45) is 0 Å². The predicted molar refractivity (Wildman–Crippen MR) is 64.8 cm³/mol. The molecule has 1 rings (SSSR count). The smallest absolute Gasteiger partial charge is 0.342 e. The van der Waals surface area contributed by atoms with E-state index < -0.39 is 5.97 Å². The van der Waals surface area contributed by atoms with Crippen molar-refractivity contribution in [3.05, 3.63) is 28.8 Å². The van der Waals surface area contributed by atoms with E-state index in [1.165, 1.54) is 7.11 Å². The van der Waals surface area contributed by atoms with Gasteiger partial charge in [0.15, 0.2) is 0 Å². The number of ether oxygens (including phenoxy) is 3. The molecule has 0 aliphatic rings. The molecule has 1 atom stereocenters. The number of rotatable bonds is 5. The molecular formula is C12H15ClO4. The summed E-state index contributed by atoms with van der Waals surface area (Å²) in [4.78, 5) is 11.8. The lowest BCUT2D eigenvalue weighted by Crippen LogP contribution is -2.20. The zero-order valence-electron chi connectivity index (χ0n) is 10.0. The van der Waals surface area contributed by atoms with Crippen LogP contribution in [0.3, 0.4) is 0 Å². The summed E-state index contributed by atoms with van der Waals surface area (Å²) in [6, 6.07) is 4.75. The summed E-state index contributed by atoms with van der Waals surface area (Å²) in [5.41, 5.74) is 0.347. The van der Waals surface area contributed by atoms with Gasteiger partial charge in [0.05, 0.1) is 13.7 Å². The quantitative estimate of drug-likeness (QED) is 0.762. The summed E-state index contributed by atoms with van der Waals surface area (Å²) in [7, 11) is 3.02. The van der Waals surface area contributed by atoms with Crippen LogP contribution >= 0.6 is 11.6 Å². The van der Waals surface area contributed by atoms with Gasteiger partial charge in [0.2, 0.25) is 0 Å². The lowest BCUT2D eigenvalue weighted by molar-refractivity contribution is 0.0117. The number of benzene rings is 1. The Hall–Kier alpha value is -1.26. The molecule has 0 saturated heterocycles. The molecule has 0 aliphatic heterocycles. The molecule has 0 saturated carbocycles. The zero-order chi connectivity index (χ0) is 12.8. The molecule has 0 bridgehead atoms. The van der Waals surface area contributed by atoms with E-state index in [1.807, 2.05) is 0 Å². The Morgan fingerprint density at radius 2 is 2.12 bits per heavy atom. The number of carbonyl (C=O) groups is 1. The van der Waals surface area contributed by atoms with Gasteiger partial charge in [0, 0.05) is 12.1 Å². The van der Waals surface area contributed by atoms with Gasteiger partial charge < -0.3 is 14.2 Å². The fraction of sp³-hybridized carbons (Fsp3) is 0.417. The summed E-state index contributed by atoms with van der Waals surface area (Å²) in [5.74, 6) is -0.0600. The highest BCUT2D eigenvalue weighted by atomic mass is 35.5. The molecule has 4 nitrogen and oxygen atoms in total. The van der Waals surface area contributed by atoms with Crippen LogP contribution in [0.4, 0.5) is 0 Å². The number of carbonyl (C=O) groups excluding carboxylic acids is 1. The van der Waals surface area contributed by atoms with Gasteiger partial charge in [-0.25, -0.2) is 4.79 Å².